The topological polar surface area (TPSA) is 147 Å². The van der Waals surface area contributed by atoms with E-state index < -0.39 is 23.5 Å². The number of nitrogens with two attached hydrogens (primary N) is 2. The van der Waals surface area contributed by atoms with Crippen LogP contribution >= 0.6 is 0 Å². The highest BCUT2D eigenvalue weighted by atomic mass is 16.6. The van der Waals surface area contributed by atoms with Gasteiger partial charge in [0.1, 0.15) is 6.61 Å². The van der Waals surface area contributed by atoms with Crippen molar-refractivity contribution in [3.05, 3.63) is 23.0 Å². The molecule has 3 aliphatic heterocycles. The summed E-state index contributed by atoms with van der Waals surface area (Å²) in [6.45, 7) is 0.382. The summed E-state index contributed by atoms with van der Waals surface area (Å²) in [5.74, 6) is -1.40. The molecule has 2 saturated heterocycles. The molecule has 0 aromatic heterocycles. The summed E-state index contributed by atoms with van der Waals surface area (Å²) in [6.07, 6.45) is 0.185. The third-order valence-electron chi connectivity index (χ3n) is 5.05. The van der Waals surface area contributed by atoms with E-state index in [9.17, 15) is 14.4 Å². The lowest BCUT2D eigenvalue weighted by molar-refractivity contribution is -0.136. The average molecular weight is 320 g/mol. The molecule has 2 fully saturated rings. The molecule has 3 heterocycles. The molecule has 4 aliphatic rings. The fourth-order valence-electron chi connectivity index (χ4n) is 4.15. The molecule has 3 unspecified atom stereocenters. The van der Waals surface area contributed by atoms with Gasteiger partial charge < -0.3 is 31.2 Å². The van der Waals surface area contributed by atoms with Crippen LogP contribution in [0.25, 0.3) is 0 Å². The van der Waals surface area contributed by atoms with E-state index in [4.69, 9.17) is 20.9 Å². The van der Waals surface area contributed by atoms with Crippen LogP contribution in [-0.2, 0) is 19.1 Å². The Kier molecular flexibility index (Phi) is 2.68. The summed E-state index contributed by atoms with van der Waals surface area (Å²) in [5, 5.41) is 3.26. The van der Waals surface area contributed by atoms with Gasteiger partial charge in [0, 0.05) is 31.3 Å². The normalized spacial score (nSPS) is 37.3. The zero-order chi connectivity index (χ0) is 16.5. The monoisotopic (exact) mass is 320 g/mol. The van der Waals surface area contributed by atoms with Crippen molar-refractivity contribution in [2.75, 3.05) is 20.3 Å². The van der Waals surface area contributed by atoms with Crippen molar-refractivity contribution in [3.63, 3.8) is 0 Å². The first kappa shape index (κ1) is 14.2. The zero-order valence-corrected chi connectivity index (χ0v) is 12.4. The number of rotatable bonds is 3. The molecule has 0 bridgehead atoms. The quantitative estimate of drug-likeness (QED) is 0.398. The molecule has 122 valence electrons. The Morgan fingerprint density at radius 1 is 1.52 bits per heavy atom. The average Bonchev–Trinajstić information content (AvgIpc) is 3.10. The second-order valence-corrected chi connectivity index (χ2v) is 6.06. The molecule has 0 aromatic carbocycles. The number of nitrogens with zero attached hydrogens (tertiary/aromatic N) is 1. The van der Waals surface area contributed by atoms with Gasteiger partial charge in [0.2, 0.25) is 11.6 Å². The smallest absolute Gasteiger partial charge is 0.404 e. The summed E-state index contributed by atoms with van der Waals surface area (Å²) in [4.78, 5) is 37.8. The van der Waals surface area contributed by atoms with Crippen molar-refractivity contribution in [1.82, 2.24) is 10.2 Å². The van der Waals surface area contributed by atoms with E-state index in [0.717, 1.165) is 6.08 Å². The molecule has 5 N–H and O–H groups in total. The van der Waals surface area contributed by atoms with E-state index in [2.05, 4.69) is 5.32 Å². The number of Topliss-reactive ketones (excluding diaryl/α,β-unsaturated/α-hetero) is 1. The van der Waals surface area contributed by atoms with Crippen LogP contribution in [0.15, 0.2) is 23.0 Å². The fraction of sp³-hybridized carbons (Fsp3) is 0.500. The van der Waals surface area contributed by atoms with E-state index in [1.807, 2.05) is 0 Å². The largest absolute Gasteiger partial charge is 0.449 e. The second kappa shape index (κ2) is 4.33. The van der Waals surface area contributed by atoms with Gasteiger partial charge in [0.15, 0.2) is 5.72 Å². The number of methoxy groups -OCH3 is 1. The molecular formula is C14H16N4O5. The third-order valence-corrected chi connectivity index (χ3v) is 5.05. The molecule has 4 atom stereocenters. The van der Waals surface area contributed by atoms with Crippen molar-refractivity contribution < 1.29 is 23.9 Å². The number of piperazine rings is 1. The minimum atomic E-state index is -0.951. The molecule has 23 heavy (non-hydrogen) atoms. The van der Waals surface area contributed by atoms with Gasteiger partial charge in [-0.3, -0.25) is 9.59 Å². The van der Waals surface area contributed by atoms with Gasteiger partial charge in [-0.1, -0.05) is 0 Å². The Bertz CT molecular complexity index is 714. The summed E-state index contributed by atoms with van der Waals surface area (Å²) in [7, 11) is 1.51. The SMILES string of the molecule is CO[C@@]12C(COC(N)=O)C3=C(C(=O)C=C(N)C3=O)N1CC1NC12. The first-order valence-electron chi connectivity index (χ1n) is 7.23. The van der Waals surface area contributed by atoms with Crippen LogP contribution in [-0.4, -0.2) is 60.6 Å². The summed E-state index contributed by atoms with van der Waals surface area (Å²) in [5.41, 5.74) is 10.2. The van der Waals surface area contributed by atoms with E-state index in [1.54, 1.807) is 4.90 Å². The van der Waals surface area contributed by atoms with E-state index in [0.29, 0.717) is 6.54 Å². The predicted octanol–water partition coefficient (Wildman–Crippen LogP) is -2.04. The van der Waals surface area contributed by atoms with Crippen LogP contribution < -0.4 is 16.8 Å². The first-order chi connectivity index (χ1) is 10.9. The zero-order valence-electron chi connectivity index (χ0n) is 12.4. The highest BCUT2D eigenvalue weighted by molar-refractivity contribution is 6.23. The van der Waals surface area contributed by atoms with E-state index in [1.165, 1.54) is 7.11 Å². The molecule has 9 heteroatoms. The maximum absolute atomic E-state index is 12.5. The van der Waals surface area contributed by atoms with Crippen LogP contribution in [0.4, 0.5) is 4.79 Å². The third kappa shape index (κ3) is 1.60. The molecule has 4 rings (SSSR count). The Morgan fingerprint density at radius 2 is 2.26 bits per heavy atom. The number of ether oxygens (including phenoxy) is 2. The standard InChI is InChI=1S/C14H16N4O5/c1-22-14-5(4-23-13(16)21)9-10(8(19)2-6(15)11(9)20)18(14)3-7-12(14)17-7/h2,5,7,12,17H,3-4,15H2,1H3,(H2,16,21)/t5?,7?,12?,14-/m1/s1. The van der Waals surface area contributed by atoms with Gasteiger partial charge in [-0.05, 0) is 0 Å². The Hall–Kier alpha value is -2.39. The number of ketones is 2. The number of carbonyl (C=O) groups is 3. The Balaban J connectivity index is 1.83. The second-order valence-electron chi connectivity index (χ2n) is 6.06. The molecule has 0 radical (unpaired) electrons. The summed E-state index contributed by atoms with van der Waals surface area (Å²) >= 11 is 0. The Labute approximate surface area is 131 Å². The highest BCUT2D eigenvalue weighted by Gasteiger charge is 2.72. The van der Waals surface area contributed by atoms with Gasteiger partial charge in [-0.25, -0.2) is 4.79 Å². The molecule has 1 amide bonds. The Morgan fingerprint density at radius 3 is 2.91 bits per heavy atom. The van der Waals surface area contributed by atoms with E-state index in [-0.39, 0.29) is 41.4 Å². The molecule has 1 aliphatic carbocycles. The fourth-order valence-corrected chi connectivity index (χ4v) is 4.15. The number of nitrogens with one attached hydrogen (secondary N) is 1. The van der Waals surface area contributed by atoms with Crippen LogP contribution in [0, 0.1) is 5.92 Å². The van der Waals surface area contributed by atoms with Crippen LogP contribution in [0.3, 0.4) is 0 Å². The van der Waals surface area contributed by atoms with Crippen molar-refractivity contribution in [1.29, 1.82) is 0 Å². The molecular weight excluding hydrogens is 304 g/mol. The minimum absolute atomic E-state index is 0.0543. The van der Waals surface area contributed by atoms with Gasteiger partial charge >= 0.3 is 6.09 Å². The van der Waals surface area contributed by atoms with Crippen molar-refractivity contribution in [3.8, 4) is 0 Å². The molecule has 0 saturated carbocycles. The summed E-state index contributed by atoms with van der Waals surface area (Å²) in [6, 6.07) is 0.118. The lowest BCUT2D eigenvalue weighted by Gasteiger charge is -2.39. The number of fused-ring (bicyclic) bond motifs is 4. The number of amides is 1. The number of allylic oxidation sites excluding steroid dienone is 2. The maximum atomic E-state index is 12.5. The van der Waals surface area contributed by atoms with Crippen molar-refractivity contribution in [2.45, 2.75) is 17.8 Å². The first-order valence-corrected chi connectivity index (χ1v) is 7.23. The molecule has 9 nitrogen and oxygen atoms in total. The predicted molar refractivity (Wildman–Crippen MR) is 75.5 cm³/mol. The number of hydrogen-bond acceptors (Lipinski definition) is 8. The van der Waals surface area contributed by atoms with Crippen LogP contribution in [0.5, 0.6) is 0 Å². The van der Waals surface area contributed by atoms with Gasteiger partial charge in [0.05, 0.1) is 23.4 Å². The van der Waals surface area contributed by atoms with Crippen LogP contribution in [0.2, 0.25) is 0 Å². The van der Waals surface area contributed by atoms with Crippen molar-refractivity contribution in [2.24, 2.45) is 17.4 Å². The van der Waals surface area contributed by atoms with Crippen LogP contribution in [0.1, 0.15) is 0 Å². The van der Waals surface area contributed by atoms with Gasteiger partial charge in [-0.15, -0.1) is 0 Å². The summed E-state index contributed by atoms with van der Waals surface area (Å²) < 4.78 is 10.7. The maximum Gasteiger partial charge on any atom is 0.404 e. The number of carbonyl (C=O) groups excluding carboxylic acids is 3. The van der Waals surface area contributed by atoms with Gasteiger partial charge in [-0.2, -0.15) is 0 Å². The van der Waals surface area contributed by atoms with Gasteiger partial charge in [0.25, 0.3) is 0 Å². The lowest BCUT2D eigenvalue weighted by atomic mass is 9.84. The van der Waals surface area contributed by atoms with Crippen molar-refractivity contribution >= 4 is 17.7 Å². The number of hydrogen-bond donors (Lipinski definition) is 3. The highest BCUT2D eigenvalue weighted by Crippen LogP contribution is 2.54. The lowest BCUT2D eigenvalue weighted by Crippen LogP contribution is -2.55. The van der Waals surface area contributed by atoms with E-state index >= 15 is 0 Å². The number of primary amides is 1. The molecule has 0 spiro atoms. The minimum Gasteiger partial charge on any atom is -0.449 e. The molecule has 0 aromatic rings.